The van der Waals surface area contributed by atoms with Gasteiger partial charge in [0.2, 0.25) is 5.52 Å². The summed E-state index contributed by atoms with van der Waals surface area (Å²) in [5.41, 5.74) is 9.42. The predicted octanol–water partition coefficient (Wildman–Crippen LogP) is 8.38. The normalized spacial score (nSPS) is 23.4. The van der Waals surface area contributed by atoms with Gasteiger partial charge in [-0.05, 0) is 103 Å². The lowest BCUT2D eigenvalue weighted by atomic mass is 9.69. The Bertz CT molecular complexity index is 2090. The third-order valence-electron chi connectivity index (χ3n) is 9.77. The van der Waals surface area contributed by atoms with Gasteiger partial charge < -0.3 is 5.11 Å². The molecule has 0 saturated heterocycles. The summed E-state index contributed by atoms with van der Waals surface area (Å²) in [7, 11) is -1.12. The lowest BCUT2D eigenvalue weighted by molar-refractivity contribution is -0.671. The molecule has 1 aromatic heterocycles. The molecule has 5 aliphatic rings. The fourth-order valence-electron chi connectivity index (χ4n) is 7.52. The maximum atomic E-state index is 12.3. The van der Waals surface area contributed by atoms with Crippen LogP contribution < -0.4 is 9.47 Å². The van der Waals surface area contributed by atoms with Crippen molar-refractivity contribution in [1.82, 2.24) is 0 Å². The Morgan fingerprint density at radius 1 is 1.12 bits per heavy atom. The minimum Gasteiger partial charge on any atom is -0.479 e. The summed E-state index contributed by atoms with van der Waals surface area (Å²) in [6.45, 7) is 0.684. The second-order valence-corrected chi connectivity index (χ2v) is 17.0. The molecule has 0 spiro atoms. The standard InChI is InChI=1S/C38H34N2O4S4/c1-48(43)31-11-12-33-32(22-31)39(14-15-45-44-23-37(41)42)35(46-33)18-24-7-9-27-20-28-10-8-25(17-30(28)21-29(27)16-24)19-36-40-13-3-5-26-4-2-6-34(47-36)38(26)40/h2,4,6,11-12,16-19,21-22,27-28H,3,5,7-10,13,20,23H2,1H3/p+1. The Labute approximate surface area is 296 Å². The number of allylic oxidation sites excluding steroid dienone is 8. The molecule has 0 bridgehead atoms. The molecule has 3 unspecified atom stereocenters. The molecule has 2 aromatic carbocycles. The molecule has 1 N–H and O–H groups in total. The lowest BCUT2D eigenvalue weighted by Gasteiger charge is -2.36. The van der Waals surface area contributed by atoms with Gasteiger partial charge in [-0.1, -0.05) is 53.5 Å². The number of benzene rings is 2. The molecular formula is C38H35N2O4S4+. The summed E-state index contributed by atoms with van der Waals surface area (Å²) in [5, 5.41) is 14.1. The molecule has 0 saturated carbocycles. The average molecular weight is 712 g/mol. The zero-order valence-corrected chi connectivity index (χ0v) is 29.8. The van der Waals surface area contributed by atoms with Crippen LogP contribution in [0.3, 0.4) is 0 Å². The number of carbonyl (C=O) groups is 1. The van der Waals surface area contributed by atoms with E-state index in [1.165, 1.54) is 68.8 Å². The van der Waals surface area contributed by atoms with Gasteiger partial charge in [-0.3, -0.25) is 13.3 Å². The van der Waals surface area contributed by atoms with Crippen molar-refractivity contribution >= 4 is 73.9 Å². The van der Waals surface area contributed by atoms with Gasteiger partial charge in [0.15, 0.2) is 13.2 Å². The number of carboxylic acids is 1. The first-order valence-electron chi connectivity index (χ1n) is 16.4. The van der Waals surface area contributed by atoms with Crippen molar-refractivity contribution in [3.8, 4) is 11.3 Å². The number of carboxylic acid groups (broad SMARTS) is 1. The fourth-order valence-corrected chi connectivity index (χ4v) is 10.7. The van der Waals surface area contributed by atoms with E-state index in [0.29, 0.717) is 11.8 Å². The molecular weight excluding hydrogens is 677 g/mol. The van der Waals surface area contributed by atoms with Gasteiger partial charge >= 0.3 is 5.97 Å². The number of hydrogen-bond donors (Lipinski definition) is 1. The first kappa shape index (κ1) is 31.9. The first-order valence-corrected chi connectivity index (χ1v) is 20.3. The highest BCUT2D eigenvalue weighted by Crippen LogP contribution is 2.49. The summed E-state index contributed by atoms with van der Waals surface area (Å²) in [6, 6.07) is 15.7. The van der Waals surface area contributed by atoms with E-state index < -0.39 is 23.4 Å². The van der Waals surface area contributed by atoms with Crippen molar-refractivity contribution in [3.63, 3.8) is 0 Å². The van der Waals surface area contributed by atoms with Crippen molar-refractivity contribution in [2.75, 3.05) is 17.8 Å². The highest BCUT2D eigenvalue weighted by molar-refractivity contribution is 8.03. The van der Waals surface area contributed by atoms with Gasteiger partial charge in [-0.2, -0.15) is 4.57 Å². The average Bonchev–Trinajstić information content (AvgIpc) is 3.61. The minimum absolute atomic E-state index is 0.421. The summed E-state index contributed by atoms with van der Waals surface area (Å²) in [6.07, 6.45) is 21.8. The number of anilines is 1. The Balaban J connectivity index is 1.08. The van der Waals surface area contributed by atoms with Gasteiger partial charge in [-0.15, -0.1) is 0 Å². The van der Waals surface area contributed by atoms with Crippen LogP contribution in [0.5, 0.6) is 0 Å². The van der Waals surface area contributed by atoms with Crippen LogP contribution in [0, 0.1) is 23.1 Å². The van der Waals surface area contributed by atoms with Crippen molar-refractivity contribution in [2.45, 2.75) is 61.3 Å². The summed E-state index contributed by atoms with van der Waals surface area (Å²) in [5.74, 6) is 0.187. The summed E-state index contributed by atoms with van der Waals surface area (Å²) in [4.78, 5) is 14.5. The molecule has 10 heteroatoms. The molecule has 0 radical (unpaired) electrons. The highest BCUT2D eigenvalue weighted by atomic mass is 32.2. The number of rotatable bonds is 6. The number of aromatic nitrogens is 1. The van der Waals surface area contributed by atoms with E-state index in [2.05, 4.69) is 64.4 Å². The number of nitrogens with zero attached hydrogens (tertiary/aromatic N) is 2. The number of hydrogen-bond acceptors (Lipinski definition) is 7. The van der Waals surface area contributed by atoms with Gasteiger partial charge in [0.1, 0.15) is 4.70 Å². The van der Waals surface area contributed by atoms with Crippen LogP contribution in [0.15, 0.2) is 97.8 Å². The number of para-hydroxylation sites is 1. The minimum atomic E-state index is -1.12. The summed E-state index contributed by atoms with van der Waals surface area (Å²) >= 11 is 4.39. The molecule has 0 fully saturated rings. The second kappa shape index (κ2) is 13.5. The number of thiazole rings is 1. The van der Waals surface area contributed by atoms with Crippen molar-refractivity contribution in [3.05, 3.63) is 98.6 Å². The molecule has 0 amide bonds. The van der Waals surface area contributed by atoms with E-state index in [0.717, 1.165) is 58.4 Å². The zero-order valence-electron chi connectivity index (χ0n) is 26.6. The van der Waals surface area contributed by atoms with Crippen LogP contribution in [0.25, 0.3) is 16.3 Å². The molecule has 48 heavy (non-hydrogen) atoms. The van der Waals surface area contributed by atoms with Crippen LogP contribution >= 0.6 is 35.1 Å². The maximum Gasteiger partial charge on any atom is 0.331 e. The molecule has 2 aliphatic heterocycles. The largest absolute Gasteiger partial charge is 0.479 e. The van der Waals surface area contributed by atoms with E-state index in [4.69, 9.17) is 9.29 Å². The fraction of sp³-hybridized carbons (Fsp3) is 0.316. The lowest BCUT2D eigenvalue weighted by Crippen LogP contribution is -2.38. The van der Waals surface area contributed by atoms with E-state index >= 15 is 0 Å². The molecule has 3 atom stereocenters. The number of thioether (sulfide) groups is 1. The van der Waals surface area contributed by atoms with Gasteiger partial charge in [0, 0.05) is 56.2 Å². The first-order chi connectivity index (χ1) is 23.4. The van der Waals surface area contributed by atoms with Crippen LogP contribution in [0.2, 0.25) is 0 Å². The molecule has 3 aromatic rings. The van der Waals surface area contributed by atoms with E-state index in [1.807, 2.05) is 34.4 Å². The van der Waals surface area contributed by atoms with E-state index in [1.54, 1.807) is 18.0 Å². The Kier molecular flexibility index (Phi) is 8.99. The molecule has 8 rings (SSSR count). The van der Waals surface area contributed by atoms with Crippen LogP contribution in [-0.4, -0.2) is 28.1 Å². The molecule has 6 nitrogen and oxygen atoms in total. The zero-order chi connectivity index (χ0) is 32.8. The molecule has 3 heterocycles. The van der Waals surface area contributed by atoms with E-state index in [9.17, 15) is 9.00 Å². The highest BCUT2D eigenvalue weighted by Gasteiger charge is 2.32. The third kappa shape index (κ3) is 6.39. The van der Waals surface area contributed by atoms with Crippen LogP contribution in [-0.2, 0) is 32.7 Å². The topological polar surface area (TPSA) is 70.7 Å². The number of aliphatic carboxylic acids is 1. The van der Waals surface area contributed by atoms with Crippen molar-refractivity contribution < 1.29 is 22.9 Å². The third-order valence-corrected chi connectivity index (χ3v) is 13.3. The Hall–Kier alpha value is -3.33. The van der Waals surface area contributed by atoms with E-state index in [-0.39, 0.29) is 0 Å². The number of aryl methyl sites for hydroxylation is 2. The Morgan fingerprint density at radius 3 is 2.83 bits per heavy atom. The molecule has 3 aliphatic carbocycles. The smallest absolute Gasteiger partial charge is 0.331 e. The van der Waals surface area contributed by atoms with Gasteiger partial charge in [0.05, 0.1) is 22.8 Å². The van der Waals surface area contributed by atoms with Crippen molar-refractivity contribution in [2.24, 2.45) is 11.8 Å². The summed E-state index contributed by atoms with van der Waals surface area (Å²) < 4.78 is 21.3. The SMILES string of the molecule is CS(=O)c1ccc2c(c1)N(C#CSOCC(=O)O)C(=CC1=CC3=CC4=CC(=Cc5sc6cccc7c6[n+]5CCC7)CCC4CC3CC1)S2. The number of fused-ring (bicyclic) bond motifs is 3. The van der Waals surface area contributed by atoms with Crippen LogP contribution in [0.1, 0.15) is 49.1 Å². The predicted molar refractivity (Wildman–Crippen MR) is 197 cm³/mol. The molecule has 244 valence electrons. The second-order valence-electron chi connectivity index (χ2n) is 12.9. The quantitative estimate of drug-likeness (QED) is 0.119. The maximum absolute atomic E-state index is 12.3. The van der Waals surface area contributed by atoms with Crippen molar-refractivity contribution in [1.29, 1.82) is 0 Å². The Morgan fingerprint density at radius 2 is 1.98 bits per heavy atom. The monoisotopic (exact) mass is 711 g/mol. The van der Waals surface area contributed by atoms with Gasteiger partial charge in [-0.25, -0.2) is 4.79 Å². The van der Waals surface area contributed by atoms with Crippen LogP contribution in [0.4, 0.5) is 5.69 Å². The van der Waals surface area contributed by atoms with Gasteiger partial charge in [0.25, 0.3) is 5.01 Å².